The lowest BCUT2D eigenvalue weighted by atomic mass is 9.98. The summed E-state index contributed by atoms with van der Waals surface area (Å²) in [5.74, 6) is 0.738. The molecule has 0 fully saturated rings. The maximum absolute atomic E-state index is 13.2. The van der Waals surface area contributed by atoms with Gasteiger partial charge in [-0.1, -0.05) is 32.0 Å². The highest BCUT2D eigenvalue weighted by molar-refractivity contribution is 7.92. The van der Waals surface area contributed by atoms with Crippen LogP contribution in [0.4, 0.5) is 11.4 Å². The van der Waals surface area contributed by atoms with Gasteiger partial charge in [-0.15, -0.1) is 0 Å². The number of sulfonamides is 1. The van der Waals surface area contributed by atoms with Gasteiger partial charge in [0.05, 0.1) is 25.5 Å². The normalized spacial score (nSPS) is 11.2. The Hall–Kier alpha value is -3.72. The second-order valence-corrected chi connectivity index (χ2v) is 10.2. The molecule has 0 aliphatic heterocycles. The molecule has 3 aromatic carbocycles. The van der Waals surface area contributed by atoms with Crippen LogP contribution in [0.2, 0.25) is 0 Å². The summed E-state index contributed by atoms with van der Waals surface area (Å²) in [6, 6.07) is 17.4. The number of hydrogen-bond acceptors (Lipinski definition) is 6. The van der Waals surface area contributed by atoms with Crippen molar-refractivity contribution < 1.29 is 22.7 Å². The first-order valence-electron chi connectivity index (χ1n) is 11.6. The smallest absolute Gasteiger partial charge is 0.265 e. The fraction of sp³-hybridized carbons (Fsp3) is 0.296. The Bertz CT molecular complexity index is 1320. The van der Waals surface area contributed by atoms with E-state index < -0.39 is 10.0 Å². The van der Waals surface area contributed by atoms with E-state index in [1.165, 1.54) is 14.2 Å². The van der Waals surface area contributed by atoms with Crippen LogP contribution in [-0.4, -0.2) is 41.6 Å². The highest BCUT2D eigenvalue weighted by Crippen LogP contribution is 2.32. The first-order valence-corrected chi connectivity index (χ1v) is 13.1. The molecule has 1 amide bonds. The quantitative estimate of drug-likeness (QED) is 0.320. The average Bonchev–Trinajstić information content (AvgIpc) is 2.85. The monoisotopic (exact) mass is 511 g/mol. The van der Waals surface area contributed by atoms with Crippen molar-refractivity contribution in [3.63, 3.8) is 0 Å². The van der Waals surface area contributed by atoms with Crippen molar-refractivity contribution in [1.82, 2.24) is 5.32 Å². The maximum atomic E-state index is 13.2. The van der Waals surface area contributed by atoms with Crippen molar-refractivity contribution in [2.75, 3.05) is 37.3 Å². The Balaban J connectivity index is 1.66. The minimum Gasteiger partial charge on any atom is -0.496 e. The van der Waals surface area contributed by atoms with Gasteiger partial charge in [0.2, 0.25) is 0 Å². The van der Waals surface area contributed by atoms with Gasteiger partial charge in [-0.2, -0.15) is 0 Å². The standard InChI is InChI=1S/C27H33N3O5S/c1-18(2)23-17-26(25(35-5)15-19(23)3)36(32,33)30-21-10-8-9-20(16-21)28-13-14-29-27(31)22-11-6-7-12-24(22)34-4/h6-12,15-18,28,30H,13-14H2,1-5H3,(H,29,31). The van der Waals surface area contributed by atoms with Crippen LogP contribution in [0.3, 0.4) is 0 Å². The number of benzene rings is 3. The number of carbonyl (C=O) groups is 1. The van der Waals surface area contributed by atoms with Gasteiger partial charge in [0.25, 0.3) is 15.9 Å². The molecule has 0 saturated heterocycles. The topological polar surface area (TPSA) is 106 Å². The summed E-state index contributed by atoms with van der Waals surface area (Å²) >= 11 is 0. The fourth-order valence-electron chi connectivity index (χ4n) is 3.88. The maximum Gasteiger partial charge on any atom is 0.265 e. The molecule has 0 aliphatic rings. The molecule has 0 radical (unpaired) electrons. The molecule has 192 valence electrons. The summed E-state index contributed by atoms with van der Waals surface area (Å²) in [5, 5.41) is 6.04. The van der Waals surface area contributed by atoms with Gasteiger partial charge in [0.1, 0.15) is 16.4 Å². The number of hydrogen-bond donors (Lipinski definition) is 3. The van der Waals surface area contributed by atoms with E-state index in [4.69, 9.17) is 9.47 Å². The van der Waals surface area contributed by atoms with Crippen LogP contribution in [0.15, 0.2) is 65.6 Å². The molecule has 0 atom stereocenters. The number of aryl methyl sites for hydroxylation is 1. The fourth-order valence-corrected chi connectivity index (χ4v) is 5.12. The van der Waals surface area contributed by atoms with Crippen molar-refractivity contribution in [2.24, 2.45) is 0 Å². The van der Waals surface area contributed by atoms with E-state index >= 15 is 0 Å². The number of rotatable bonds is 11. The van der Waals surface area contributed by atoms with Gasteiger partial charge < -0.3 is 20.1 Å². The van der Waals surface area contributed by atoms with E-state index in [1.54, 1.807) is 54.6 Å². The number of ether oxygens (including phenoxy) is 2. The van der Waals surface area contributed by atoms with Crippen LogP contribution < -0.4 is 24.8 Å². The third-order valence-electron chi connectivity index (χ3n) is 5.67. The predicted molar refractivity (Wildman–Crippen MR) is 143 cm³/mol. The SMILES string of the molecule is COc1ccccc1C(=O)NCCNc1cccc(NS(=O)(=O)c2cc(C(C)C)c(C)cc2OC)c1. The first kappa shape index (κ1) is 26.9. The number of carbonyl (C=O) groups excluding carboxylic acids is 1. The number of para-hydroxylation sites is 1. The van der Waals surface area contributed by atoms with E-state index in [0.717, 1.165) is 11.1 Å². The van der Waals surface area contributed by atoms with E-state index in [0.29, 0.717) is 41.5 Å². The molecule has 3 rings (SSSR count). The third kappa shape index (κ3) is 6.48. The van der Waals surface area contributed by atoms with Gasteiger partial charge in [-0.05, 0) is 66.4 Å². The Kier molecular flexibility index (Phi) is 8.82. The predicted octanol–water partition coefficient (Wildman–Crippen LogP) is 4.78. The Labute approximate surface area is 213 Å². The number of amides is 1. The van der Waals surface area contributed by atoms with Crippen LogP contribution >= 0.6 is 0 Å². The molecule has 0 aliphatic carbocycles. The van der Waals surface area contributed by atoms with Crippen molar-refractivity contribution in [3.8, 4) is 11.5 Å². The molecule has 0 saturated carbocycles. The zero-order valence-corrected chi connectivity index (χ0v) is 22.0. The van der Waals surface area contributed by atoms with Crippen LogP contribution in [-0.2, 0) is 10.0 Å². The number of anilines is 2. The van der Waals surface area contributed by atoms with Crippen LogP contribution in [0.1, 0.15) is 41.3 Å². The van der Waals surface area contributed by atoms with Gasteiger partial charge in [-0.25, -0.2) is 8.42 Å². The summed E-state index contributed by atoms with van der Waals surface area (Å²) in [6.07, 6.45) is 0. The third-order valence-corrected chi connectivity index (χ3v) is 7.07. The van der Waals surface area contributed by atoms with E-state index in [1.807, 2.05) is 26.8 Å². The lowest BCUT2D eigenvalue weighted by Crippen LogP contribution is -2.29. The summed E-state index contributed by atoms with van der Waals surface area (Å²) in [7, 11) is -0.912. The van der Waals surface area contributed by atoms with Crippen molar-refractivity contribution in [3.05, 3.63) is 77.4 Å². The molecule has 0 aromatic heterocycles. The molecule has 0 heterocycles. The molecule has 0 unspecified atom stereocenters. The summed E-state index contributed by atoms with van der Waals surface area (Å²) in [4.78, 5) is 12.5. The van der Waals surface area contributed by atoms with Gasteiger partial charge in [0.15, 0.2) is 0 Å². The van der Waals surface area contributed by atoms with Crippen molar-refractivity contribution in [2.45, 2.75) is 31.6 Å². The van der Waals surface area contributed by atoms with E-state index in [9.17, 15) is 13.2 Å². The lowest BCUT2D eigenvalue weighted by molar-refractivity contribution is 0.0952. The number of nitrogens with one attached hydrogen (secondary N) is 3. The highest BCUT2D eigenvalue weighted by Gasteiger charge is 2.22. The molecule has 0 bridgehead atoms. The Morgan fingerprint density at radius 2 is 1.58 bits per heavy atom. The first-order chi connectivity index (χ1) is 17.2. The second kappa shape index (κ2) is 11.8. The molecule has 8 nitrogen and oxygen atoms in total. The molecular weight excluding hydrogens is 478 g/mol. The minimum absolute atomic E-state index is 0.0942. The van der Waals surface area contributed by atoms with E-state index in [-0.39, 0.29) is 16.7 Å². The van der Waals surface area contributed by atoms with Gasteiger partial charge in [-0.3, -0.25) is 9.52 Å². The van der Waals surface area contributed by atoms with Gasteiger partial charge in [0, 0.05) is 18.8 Å². The highest BCUT2D eigenvalue weighted by atomic mass is 32.2. The summed E-state index contributed by atoms with van der Waals surface area (Å²) < 4.78 is 39.7. The van der Waals surface area contributed by atoms with Crippen molar-refractivity contribution >= 4 is 27.3 Å². The molecule has 3 aromatic rings. The van der Waals surface area contributed by atoms with Gasteiger partial charge >= 0.3 is 0 Å². The van der Waals surface area contributed by atoms with Crippen LogP contribution in [0.25, 0.3) is 0 Å². The zero-order valence-electron chi connectivity index (χ0n) is 21.2. The lowest BCUT2D eigenvalue weighted by Gasteiger charge is -2.17. The molecular formula is C27H33N3O5S. The summed E-state index contributed by atoms with van der Waals surface area (Å²) in [5.41, 5.74) is 3.50. The minimum atomic E-state index is -3.89. The Morgan fingerprint density at radius 1 is 0.889 bits per heavy atom. The molecule has 3 N–H and O–H groups in total. The number of methoxy groups -OCH3 is 2. The van der Waals surface area contributed by atoms with Crippen LogP contribution in [0.5, 0.6) is 11.5 Å². The van der Waals surface area contributed by atoms with E-state index in [2.05, 4.69) is 15.4 Å². The Morgan fingerprint density at radius 3 is 2.28 bits per heavy atom. The molecule has 0 spiro atoms. The summed E-state index contributed by atoms with van der Waals surface area (Å²) in [6.45, 7) is 6.79. The van der Waals surface area contributed by atoms with Crippen molar-refractivity contribution in [1.29, 1.82) is 0 Å². The molecule has 9 heteroatoms. The average molecular weight is 512 g/mol. The molecule has 36 heavy (non-hydrogen) atoms. The zero-order chi connectivity index (χ0) is 26.3. The van der Waals surface area contributed by atoms with Crippen LogP contribution in [0, 0.1) is 6.92 Å². The second-order valence-electron chi connectivity index (χ2n) is 8.58. The largest absolute Gasteiger partial charge is 0.496 e.